The van der Waals surface area contributed by atoms with Crippen molar-refractivity contribution in [1.82, 2.24) is 9.78 Å². The average Bonchev–Trinajstić information content (AvgIpc) is 2.89. The maximum Gasteiger partial charge on any atom is 0.162 e. The predicted octanol–water partition coefficient (Wildman–Crippen LogP) is 0.624. The quantitative estimate of drug-likeness (QED) is 0.736. The van der Waals surface area contributed by atoms with Gasteiger partial charge in [0, 0.05) is 11.6 Å². The minimum Gasteiger partial charge on any atom is -0.394 e. The molecule has 1 saturated carbocycles. The highest BCUT2D eigenvalue weighted by Crippen LogP contribution is 2.40. The number of aliphatic hydroxyl groups is 1. The first-order valence-electron chi connectivity index (χ1n) is 4.44. The Morgan fingerprint density at radius 3 is 3.00 bits per heavy atom. The van der Waals surface area contributed by atoms with Crippen molar-refractivity contribution in [2.45, 2.75) is 25.3 Å². The van der Waals surface area contributed by atoms with Crippen molar-refractivity contribution in [3.63, 3.8) is 0 Å². The maximum atomic E-state index is 8.78. The first kappa shape index (κ1) is 8.27. The molecule has 0 bridgehead atoms. The number of rotatable bonds is 3. The lowest BCUT2D eigenvalue weighted by Gasteiger charge is -2.02. The van der Waals surface area contributed by atoms with Gasteiger partial charge in [0.25, 0.3) is 0 Å². The van der Waals surface area contributed by atoms with Gasteiger partial charge in [-0.15, -0.1) is 0 Å². The molecule has 0 saturated heterocycles. The molecule has 13 heavy (non-hydrogen) atoms. The highest BCUT2D eigenvalue weighted by atomic mass is 16.3. The van der Waals surface area contributed by atoms with Crippen molar-refractivity contribution < 1.29 is 5.11 Å². The molecular weight excluding hydrogens is 166 g/mol. The first-order valence-corrected chi connectivity index (χ1v) is 4.44. The molecular formula is C9H11N3O. The van der Waals surface area contributed by atoms with Crippen LogP contribution >= 0.6 is 0 Å². The van der Waals surface area contributed by atoms with E-state index in [1.54, 1.807) is 4.68 Å². The molecule has 1 heterocycles. The molecule has 0 amide bonds. The lowest BCUT2D eigenvalue weighted by atomic mass is 10.2. The Bertz CT molecular complexity index is 346. The van der Waals surface area contributed by atoms with E-state index in [0.717, 1.165) is 5.69 Å². The molecule has 0 atom stereocenters. The van der Waals surface area contributed by atoms with Crippen molar-refractivity contribution in [3.05, 3.63) is 17.5 Å². The van der Waals surface area contributed by atoms with Crippen molar-refractivity contribution in [3.8, 4) is 6.07 Å². The molecule has 2 rings (SSSR count). The summed E-state index contributed by atoms with van der Waals surface area (Å²) in [5.41, 5.74) is 1.56. The van der Waals surface area contributed by atoms with Crippen molar-refractivity contribution in [2.24, 2.45) is 0 Å². The standard InChI is InChI=1S/C9H11N3O/c10-6-8-5-9(7-1-2-7)12(11-8)3-4-13/h5,7,13H,1-4H2. The lowest BCUT2D eigenvalue weighted by molar-refractivity contribution is 0.267. The number of nitriles is 1. The van der Waals surface area contributed by atoms with Gasteiger partial charge in [0.05, 0.1) is 13.2 Å². The summed E-state index contributed by atoms with van der Waals surface area (Å²) in [4.78, 5) is 0. The van der Waals surface area contributed by atoms with Gasteiger partial charge in [0.15, 0.2) is 5.69 Å². The Hall–Kier alpha value is -1.34. The third-order valence-electron chi connectivity index (χ3n) is 2.23. The van der Waals surface area contributed by atoms with E-state index in [4.69, 9.17) is 10.4 Å². The lowest BCUT2D eigenvalue weighted by Crippen LogP contribution is -2.07. The van der Waals surface area contributed by atoms with Crippen molar-refractivity contribution in [1.29, 1.82) is 5.26 Å². The second-order valence-corrected chi connectivity index (χ2v) is 3.29. The highest BCUT2D eigenvalue weighted by Gasteiger charge is 2.27. The molecule has 0 aromatic carbocycles. The van der Waals surface area contributed by atoms with Gasteiger partial charge >= 0.3 is 0 Å². The van der Waals surface area contributed by atoms with E-state index in [0.29, 0.717) is 18.2 Å². The molecule has 1 aromatic heterocycles. The summed E-state index contributed by atoms with van der Waals surface area (Å²) in [5, 5.41) is 21.5. The van der Waals surface area contributed by atoms with Crippen LogP contribution in [0, 0.1) is 11.3 Å². The van der Waals surface area contributed by atoms with Crippen LogP contribution in [0.25, 0.3) is 0 Å². The van der Waals surface area contributed by atoms with Gasteiger partial charge in [-0.3, -0.25) is 4.68 Å². The first-order chi connectivity index (χ1) is 6.35. The van der Waals surface area contributed by atoms with Crippen LogP contribution in [0.3, 0.4) is 0 Å². The van der Waals surface area contributed by atoms with Gasteiger partial charge < -0.3 is 5.11 Å². The second-order valence-electron chi connectivity index (χ2n) is 3.29. The average molecular weight is 177 g/mol. The molecule has 0 unspecified atom stereocenters. The highest BCUT2D eigenvalue weighted by molar-refractivity contribution is 5.26. The summed E-state index contributed by atoms with van der Waals surface area (Å²) in [6, 6.07) is 3.84. The normalized spacial score (nSPS) is 15.7. The Morgan fingerprint density at radius 2 is 2.46 bits per heavy atom. The maximum absolute atomic E-state index is 8.78. The summed E-state index contributed by atoms with van der Waals surface area (Å²) >= 11 is 0. The van der Waals surface area contributed by atoms with Gasteiger partial charge in [0.2, 0.25) is 0 Å². The van der Waals surface area contributed by atoms with Crippen molar-refractivity contribution >= 4 is 0 Å². The zero-order chi connectivity index (χ0) is 9.26. The number of aromatic nitrogens is 2. The van der Waals surface area contributed by atoms with Crippen LogP contribution in [0.5, 0.6) is 0 Å². The summed E-state index contributed by atoms with van der Waals surface area (Å²) in [6.45, 7) is 0.569. The summed E-state index contributed by atoms with van der Waals surface area (Å²) in [7, 11) is 0. The fraction of sp³-hybridized carbons (Fsp3) is 0.556. The van der Waals surface area contributed by atoms with Crippen LogP contribution in [-0.4, -0.2) is 21.5 Å². The fourth-order valence-electron chi connectivity index (χ4n) is 1.47. The molecule has 1 N–H and O–H groups in total. The number of aliphatic hydroxyl groups excluding tert-OH is 1. The SMILES string of the molecule is N#Cc1cc(C2CC2)n(CCO)n1. The van der Waals surface area contributed by atoms with E-state index >= 15 is 0 Å². The molecule has 68 valence electrons. The van der Waals surface area contributed by atoms with Gasteiger partial charge in [0.1, 0.15) is 6.07 Å². The molecule has 0 aliphatic heterocycles. The fourth-order valence-corrected chi connectivity index (χ4v) is 1.47. The van der Waals surface area contributed by atoms with Crippen LogP contribution in [0.1, 0.15) is 30.1 Å². The summed E-state index contributed by atoms with van der Waals surface area (Å²) in [6.07, 6.45) is 2.37. The Kier molecular flexibility index (Phi) is 2.03. The third kappa shape index (κ3) is 1.56. The monoisotopic (exact) mass is 177 g/mol. The Balaban J connectivity index is 2.29. The molecule has 1 fully saturated rings. The molecule has 1 aromatic rings. The number of nitrogens with zero attached hydrogens (tertiary/aromatic N) is 3. The molecule has 4 heteroatoms. The van der Waals surface area contributed by atoms with Gasteiger partial charge in [-0.25, -0.2) is 0 Å². The van der Waals surface area contributed by atoms with Gasteiger partial charge in [-0.05, 0) is 18.9 Å². The minimum absolute atomic E-state index is 0.0757. The Morgan fingerprint density at radius 1 is 1.69 bits per heavy atom. The van der Waals surface area contributed by atoms with Crippen molar-refractivity contribution in [2.75, 3.05) is 6.61 Å². The summed E-state index contributed by atoms with van der Waals surface area (Å²) < 4.78 is 1.75. The minimum atomic E-state index is 0.0757. The smallest absolute Gasteiger partial charge is 0.162 e. The topological polar surface area (TPSA) is 61.8 Å². The second kappa shape index (κ2) is 3.19. The third-order valence-corrected chi connectivity index (χ3v) is 2.23. The van der Waals surface area contributed by atoms with E-state index in [9.17, 15) is 0 Å². The zero-order valence-corrected chi connectivity index (χ0v) is 7.27. The number of hydrogen-bond donors (Lipinski definition) is 1. The van der Waals surface area contributed by atoms with Crippen LogP contribution in [0.2, 0.25) is 0 Å². The molecule has 0 radical (unpaired) electrons. The zero-order valence-electron chi connectivity index (χ0n) is 7.27. The molecule has 1 aliphatic carbocycles. The van der Waals surface area contributed by atoms with Crippen LogP contribution in [-0.2, 0) is 6.54 Å². The van der Waals surface area contributed by atoms with Crippen LogP contribution in [0.15, 0.2) is 6.07 Å². The molecule has 1 aliphatic rings. The predicted molar refractivity (Wildman–Crippen MR) is 46.0 cm³/mol. The summed E-state index contributed by atoms with van der Waals surface area (Å²) in [5.74, 6) is 0.571. The van der Waals surface area contributed by atoms with E-state index in [1.165, 1.54) is 12.8 Å². The molecule has 0 spiro atoms. The molecule has 4 nitrogen and oxygen atoms in total. The van der Waals surface area contributed by atoms with Gasteiger partial charge in [-0.2, -0.15) is 10.4 Å². The van der Waals surface area contributed by atoms with Crippen LogP contribution < -0.4 is 0 Å². The van der Waals surface area contributed by atoms with Gasteiger partial charge in [-0.1, -0.05) is 0 Å². The van der Waals surface area contributed by atoms with E-state index in [-0.39, 0.29) is 6.61 Å². The largest absolute Gasteiger partial charge is 0.394 e. The van der Waals surface area contributed by atoms with E-state index in [2.05, 4.69) is 5.10 Å². The van der Waals surface area contributed by atoms with Crippen LogP contribution in [0.4, 0.5) is 0 Å². The Labute approximate surface area is 76.4 Å². The van der Waals surface area contributed by atoms with E-state index in [1.807, 2.05) is 12.1 Å². The van der Waals surface area contributed by atoms with E-state index < -0.39 is 0 Å². The number of hydrogen-bond acceptors (Lipinski definition) is 3.